The molecule has 136 valence electrons. The quantitative estimate of drug-likeness (QED) is 0.517. The lowest BCUT2D eigenvalue weighted by atomic mass is 10.1. The first-order valence-corrected chi connectivity index (χ1v) is 8.93. The van der Waals surface area contributed by atoms with Crippen molar-refractivity contribution < 1.29 is 13.6 Å². The highest BCUT2D eigenvalue weighted by Gasteiger charge is 2.17. The number of pyridine rings is 1. The minimum atomic E-state index is -0.516. The molecule has 0 atom stereocenters. The lowest BCUT2D eigenvalue weighted by Crippen LogP contribution is -2.20. The lowest BCUT2D eigenvalue weighted by Gasteiger charge is -2.07. The summed E-state index contributed by atoms with van der Waals surface area (Å²) in [6.07, 6.45) is 3.24. The number of anilines is 1. The van der Waals surface area contributed by atoms with Gasteiger partial charge in [0.05, 0.1) is 23.0 Å². The molecule has 0 aliphatic heterocycles. The molecule has 3 aromatic heterocycles. The van der Waals surface area contributed by atoms with Crippen LogP contribution in [0.25, 0.3) is 22.4 Å². The molecule has 6 nitrogen and oxygen atoms in total. The Morgan fingerprint density at radius 1 is 1.33 bits per heavy atom. The molecule has 0 bridgehead atoms. The highest BCUT2D eigenvalue weighted by molar-refractivity contribution is 9.10. The van der Waals surface area contributed by atoms with Crippen LogP contribution in [0.4, 0.5) is 10.1 Å². The van der Waals surface area contributed by atoms with Crippen molar-refractivity contribution in [2.24, 2.45) is 0 Å². The van der Waals surface area contributed by atoms with Gasteiger partial charge >= 0.3 is 0 Å². The van der Waals surface area contributed by atoms with E-state index in [0.29, 0.717) is 15.9 Å². The van der Waals surface area contributed by atoms with Crippen LogP contribution in [0.15, 0.2) is 57.7 Å². The molecule has 0 unspecified atom stereocenters. The van der Waals surface area contributed by atoms with E-state index in [1.165, 1.54) is 16.8 Å². The number of halogens is 2. The highest BCUT2D eigenvalue weighted by atomic mass is 79.9. The molecule has 27 heavy (non-hydrogen) atoms. The Labute approximate surface area is 162 Å². The number of aryl methyl sites for hydroxylation is 1. The van der Waals surface area contributed by atoms with E-state index in [2.05, 4.69) is 31.3 Å². The molecule has 1 aromatic carbocycles. The van der Waals surface area contributed by atoms with Crippen LogP contribution in [0, 0.1) is 12.7 Å². The molecule has 0 aliphatic carbocycles. The van der Waals surface area contributed by atoms with E-state index in [9.17, 15) is 9.18 Å². The summed E-state index contributed by atoms with van der Waals surface area (Å²) < 4.78 is 21.5. The van der Waals surface area contributed by atoms with E-state index in [4.69, 9.17) is 4.42 Å². The van der Waals surface area contributed by atoms with Crippen LogP contribution in [-0.2, 0) is 11.3 Å². The predicted molar refractivity (Wildman–Crippen MR) is 103 cm³/mol. The van der Waals surface area contributed by atoms with Gasteiger partial charge in [0.25, 0.3) is 0 Å². The highest BCUT2D eigenvalue weighted by Crippen LogP contribution is 2.30. The van der Waals surface area contributed by atoms with Gasteiger partial charge in [0.1, 0.15) is 18.1 Å². The first-order chi connectivity index (χ1) is 13.0. The Bertz CT molecular complexity index is 1140. The monoisotopic (exact) mass is 428 g/mol. The van der Waals surface area contributed by atoms with Crippen LogP contribution < -0.4 is 5.32 Å². The van der Waals surface area contributed by atoms with Gasteiger partial charge < -0.3 is 9.73 Å². The Balaban J connectivity index is 1.65. The van der Waals surface area contributed by atoms with Crippen LogP contribution in [0.2, 0.25) is 0 Å². The number of amides is 1. The molecule has 4 aromatic rings. The van der Waals surface area contributed by atoms with Gasteiger partial charge in [0, 0.05) is 16.2 Å². The third-order valence-corrected chi connectivity index (χ3v) is 4.59. The molecule has 0 saturated carbocycles. The second-order valence-corrected chi connectivity index (χ2v) is 6.87. The largest absolute Gasteiger partial charge is 0.464 e. The van der Waals surface area contributed by atoms with E-state index in [-0.39, 0.29) is 12.2 Å². The first-order valence-electron chi connectivity index (χ1n) is 8.14. The van der Waals surface area contributed by atoms with Gasteiger partial charge in [0.2, 0.25) is 5.91 Å². The maximum atomic E-state index is 13.9. The molecule has 1 N–H and O–H groups in total. The fourth-order valence-corrected chi connectivity index (χ4v) is 3.28. The van der Waals surface area contributed by atoms with Gasteiger partial charge in [-0.05, 0) is 43.3 Å². The number of carbonyl (C=O) groups is 1. The van der Waals surface area contributed by atoms with Crippen LogP contribution >= 0.6 is 15.9 Å². The van der Waals surface area contributed by atoms with Gasteiger partial charge in [-0.25, -0.2) is 14.1 Å². The normalized spacial score (nSPS) is 11.1. The molecule has 0 saturated heterocycles. The summed E-state index contributed by atoms with van der Waals surface area (Å²) in [4.78, 5) is 16.7. The van der Waals surface area contributed by atoms with Gasteiger partial charge in [0.15, 0.2) is 5.65 Å². The third kappa shape index (κ3) is 3.35. The zero-order valence-corrected chi connectivity index (χ0v) is 15.8. The number of nitrogens with zero attached hydrogens (tertiary/aromatic N) is 3. The average molecular weight is 429 g/mol. The van der Waals surface area contributed by atoms with Crippen molar-refractivity contribution in [3.63, 3.8) is 0 Å². The number of benzene rings is 1. The maximum absolute atomic E-state index is 13.9. The first kappa shape index (κ1) is 17.4. The summed E-state index contributed by atoms with van der Waals surface area (Å²) in [5.41, 5.74) is 2.26. The Morgan fingerprint density at radius 2 is 2.19 bits per heavy atom. The Hall–Kier alpha value is -3.00. The third-order valence-electron chi connectivity index (χ3n) is 4.09. The predicted octanol–water partition coefficient (Wildman–Crippen LogP) is 4.54. The number of rotatable bonds is 4. The van der Waals surface area contributed by atoms with Crippen LogP contribution in [0.3, 0.4) is 0 Å². The standard InChI is InChI=1S/C19H14BrFN4O2/c1-11-18-13(16-3-2-8-27-16)6-7-22-19(18)25(24-11)10-17(26)23-15-5-4-12(20)9-14(15)21/h2-9H,10H2,1H3,(H,23,26). The van der Waals surface area contributed by atoms with Crippen molar-refractivity contribution in [3.8, 4) is 11.3 Å². The average Bonchev–Trinajstić information content (AvgIpc) is 3.27. The van der Waals surface area contributed by atoms with E-state index in [0.717, 1.165) is 16.6 Å². The molecular weight excluding hydrogens is 415 g/mol. The molecule has 0 spiro atoms. The van der Waals surface area contributed by atoms with Gasteiger partial charge in [-0.2, -0.15) is 5.10 Å². The number of carbonyl (C=O) groups excluding carboxylic acids is 1. The maximum Gasteiger partial charge on any atom is 0.246 e. The smallest absolute Gasteiger partial charge is 0.246 e. The lowest BCUT2D eigenvalue weighted by molar-refractivity contribution is -0.116. The van der Waals surface area contributed by atoms with Gasteiger partial charge in [-0.15, -0.1) is 0 Å². The van der Waals surface area contributed by atoms with E-state index in [1.807, 2.05) is 25.1 Å². The molecule has 3 heterocycles. The van der Waals surface area contributed by atoms with Crippen LogP contribution in [-0.4, -0.2) is 20.7 Å². The fraction of sp³-hybridized carbons (Fsp3) is 0.105. The van der Waals surface area contributed by atoms with Gasteiger partial charge in [-0.3, -0.25) is 4.79 Å². The molecule has 8 heteroatoms. The van der Waals surface area contributed by atoms with Crippen LogP contribution in [0.5, 0.6) is 0 Å². The van der Waals surface area contributed by atoms with Crippen molar-refractivity contribution >= 4 is 38.6 Å². The zero-order chi connectivity index (χ0) is 19.0. The van der Waals surface area contributed by atoms with Crippen molar-refractivity contribution in [2.75, 3.05) is 5.32 Å². The van der Waals surface area contributed by atoms with E-state index < -0.39 is 11.7 Å². The second kappa shape index (κ2) is 6.96. The van der Waals surface area contributed by atoms with Crippen molar-refractivity contribution in [2.45, 2.75) is 13.5 Å². The Morgan fingerprint density at radius 3 is 2.93 bits per heavy atom. The summed E-state index contributed by atoms with van der Waals surface area (Å²) in [5.74, 6) is -0.213. The number of aromatic nitrogens is 3. The summed E-state index contributed by atoms with van der Waals surface area (Å²) >= 11 is 3.19. The zero-order valence-electron chi connectivity index (χ0n) is 14.2. The van der Waals surface area contributed by atoms with E-state index in [1.54, 1.807) is 18.5 Å². The number of furan rings is 1. The van der Waals surface area contributed by atoms with Crippen molar-refractivity contribution in [1.29, 1.82) is 0 Å². The topological polar surface area (TPSA) is 73.0 Å². The van der Waals surface area contributed by atoms with Gasteiger partial charge in [-0.1, -0.05) is 15.9 Å². The summed E-state index contributed by atoms with van der Waals surface area (Å²) in [6.45, 7) is 1.76. The molecule has 0 radical (unpaired) electrons. The number of fused-ring (bicyclic) bond motifs is 1. The minimum absolute atomic E-state index is 0.0888. The Kier molecular flexibility index (Phi) is 4.49. The second-order valence-electron chi connectivity index (χ2n) is 5.95. The van der Waals surface area contributed by atoms with Crippen molar-refractivity contribution in [3.05, 3.63) is 64.8 Å². The summed E-state index contributed by atoms with van der Waals surface area (Å²) in [7, 11) is 0. The molecule has 4 rings (SSSR count). The molecule has 1 amide bonds. The summed E-state index contributed by atoms with van der Waals surface area (Å²) in [5, 5.41) is 7.80. The number of nitrogens with one attached hydrogen (secondary N) is 1. The van der Waals surface area contributed by atoms with Crippen molar-refractivity contribution in [1.82, 2.24) is 14.8 Å². The fourth-order valence-electron chi connectivity index (χ4n) is 2.95. The van der Waals surface area contributed by atoms with E-state index >= 15 is 0 Å². The molecule has 0 fully saturated rings. The number of hydrogen-bond acceptors (Lipinski definition) is 4. The molecule has 0 aliphatic rings. The minimum Gasteiger partial charge on any atom is -0.464 e. The molecular formula is C19H14BrFN4O2. The SMILES string of the molecule is Cc1nn(CC(=O)Nc2ccc(Br)cc2F)c2nccc(-c3ccco3)c12. The van der Waals surface area contributed by atoms with Crippen LogP contribution in [0.1, 0.15) is 5.69 Å². The summed E-state index contributed by atoms with van der Waals surface area (Å²) in [6, 6.07) is 9.95. The number of hydrogen-bond donors (Lipinski definition) is 1.